The lowest BCUT2D eigenvalue weighted by Crippen LogP contribution is -2.33. The van der Waals surface area contributed by atoms with E-state index >= 15 is 0 Å². The second-order valence-electron chi connectivity index (χ2n) is 4.12. The fourth-order valence-electron chi connectivity index (χ4n) is 1.99. The van der Waals surface area contributed by atoms with Crippen molar-refractivity contribution in [2.24, 2.45) is 0 Å². The van der Waals surface area contributed by atoms with Crippen LogP contribution in [0.1, 0.15) is 12.5 Å². The number of esters is 1. The Morgan fingerprint density at radius 2 is 2.21 bits per heavy atom. The summed E-state index contributed by atoms with van der Waals surface area (Å²) in [6, 6.07) is 6.11. The van der Waals surface area contributed by atoms with Gasteiger partial charge in [0.25, 0.3) is 0 Å². The Morgan fingerprint density at radius 3 is 2.89 bits per heavy atom. The number of carbonyl (C=O) groups is 1. The molecule has 0 spiro atoms. The van der Waals surface area contributed by atoms with Crippen LogP contribution in [0.3, 0.4) is 0 Å². The molecule has 0 saturated heterocycles. The van der Waals surface area contributed by atoms with Crippen LogP contribution in [-0.4, -0.2) is 28.5 Å². The molecule has 6 heteroatoms. The Kier molecular flexibility index (Phi) is 3.79. The summed E-state index contributed by atoms with van der Waals surface area (Å²) in [5.74, 6) is -0.794. The van der Waals surface area contributed by atoms with Gasteiger partial charge < -0.3 is 9.72 Å². The average Bonchev–Trinajstić information content (AvgIpc) is 2.79. The highest BCUT2D eigenvalue weighted by molar-refractivity contribution is 5.84. The molecule has 1 unspecified atom stereocenters. The first kappa shape index (κ1) is 13.1. The van der Waals surface area contributed by atoms with E-state index in [9.17, 15) is 14.9 Å². The number of nitro groups is 1. The Bertz CT molecular complexity index is 605. The molecule has 0 aliphatic carbocycles. The Morgan fingerprint density at radius 1 is 1.47 bits per heavy atom. The number of benzene rings is 1. The molecule has 0 aliphatic rings. The number of carbonyl (C=O) groups excluding carboxylic acids is 1. The third-order valence-electron chi connectivity index (χ3n) is 2.90. The zero-order chi connectivity index (χ0) is 13.8. The van der Waals surface area contributed by atoms with Gasteiger partial charge in [0, 0.05) is 22.0 Å². The zero-order valence-corrected chi connectivity index (χ0v) is 10.5. The first-order chi connectivity index (χ1) is 9.13. The van der Waals surface area contributed by atoms with Gasteiger partial charge in [-0.2, -0.15) is 0 Å². The van der Waals surface area contributed by atoms with Crippen molar-refractivity contribution in [3.05, 3.63) is 46.1 Å². The number of rotatable bonds is 5. The van der Waals surface area contributed by atoms with Crippen LogP contribution in [0.25, 0.3) is 10.9 Å². The van der Waals surface area contributed by atoms with E-state index in [1.807, 2.05) is 24.3 Å². The van der Waals surface area contributed by atoms with E-state index in [2.05, 4.69) is 4.98 Å². The smallest absolute Gasteiger partial charge is 0.382 e. The van der Waals surface area contributed by atoms with Crippen molar-refractivity contribution in [2.45, 2.75) is 19.4 Å². The lowest BCUT2D eigenvalue weighted by atomic mass is 10.1. The molecule has 1 heterocycles. The van der Waals surface area contributed by atoms with Crippen molar-refractivity contribution in [3.8, 4) is 0 Å². The van der Waals surface area contributed by atoms with E-state index in [-0.39, 0.29) is 13.0 Å². The van der Waals surface area contributed by atoms with E-state index in [4.69, 9.17) is 4.74 Å². The van der Waals surface area contributed by atoms with E-state index < -0.39 is 16.9 Å². The summed E-state index contributed by atoms with van der Waals surface area (Å²) in [6.07, 6.45) is 1.72. The third kappa shape index (κ3) is 2.73. The molecule has 100 valence electrons. The highest BCUT2D eigenvalue weighted by Gasteiger charge is 2.32. The number of hydrogen-bond acceptors (Lipinski definition) is 4. The molecule has 0 fully saturated rings. The van der Waals surface area contributed by atoms with Gasteiger partial charge in [-0.05, 0) is 18.6 Å². The topological polar surface area (TPSA) is 85.2 Å². The summed E-state index contributed by atoms with van der Waals surface area (Å²) in [7, 11) is 0. The minimum atomic E-state index is -1.36. The molecule has 2 aromatic rings. The fourth-order valence-corrected chi connectivity index (χ4v) is 1.99. The van der Waals surface area contributed by atoms with Crippen molar-refractivity contribution in [2.75, 3.05) is 6.61 Å². The van der Waals surface area contributed by atoms with E-state index in [0.717, 1.165) is 16.5 Å². The number of para-hydroxylation sites is 1. The van der Waals surface area contributed by atoms with Crippen LogP contribution in [0.5, 0.6) is 0 Å². The van der Waals surface area contributed by atoms with Crippen LogP contribution in [0, 0.1) is 10.1 Å². The lowest BCUT2D eigenvalue weighted by Gasteiger charge is -2.07. The number of aromatic nitrogens is 1. The Hall–Kier alpha value is -2.37. The van der Waals surface area contributed by atoms with Gasteiger partial charge in [0.2, 0.25) is 0 Å². The van der Waals surface area contributed by atoms with Gasteiger partial charge in [-0.15, -0.1) is 0 Å². The number of nitrogens with zero attached hydrogens (tertiary/aromatic N) is 1. The van der Waals surface area contributed by atoms with Gasteiger partial charge in [0.05, 0.1) is 13.0 Å². The molecule has 0 bridgehead atoms. The third-order valence-corrected chi connectivity index (χ3v) is 2.90. The van der Waals surface area contributed by atoms with Gasteiger partial charge in [-0.3, -0.25) is 10.1 Å². The van der Waals surface area contributed by atoms with Gasteiger partial charge in [-0.1, -0.05) is 18.2 Å². The first-order valence-corrected chi connectivity index (χ1v) is 5.98. The highest BCUT2D eigenvalue weighted by Crippen LogP contribution is 2.20. The number of hydrogen-bond donors (Lipinski definition) is 1. The SMILES string of the molecule is CCOC(=O)C(Cc1c[nH]c2ccccc12)[N+](=O)[O-]. The van der Waals surface area contributed by atoms with Crippen LogP contribution in [-0.2, 0) is 16.0 Å². The molecule has 0 radical (unpaired) electrons. The largest absolute Gasteiger partial charge is 0.461 e. The summed E-state index contributed by atoms with van der Waals surface area (Å²) in [5, 5.41) is 11.9. The summed E-state index contributed by atoms with van der Waals surface area (Å²) in [6.45, 7) is 1.76. The van der Waals surface area contributed by atoms with E-state index in [0.29, 0.717) is 0 Å². The highest BCUT2D eigenvalue weighted by atomic mass is 16.6. The number of fused-ring (bicyclic) bond motifs is 1. The lowest BCUT2D eigenvalue weighted by molar-refractivity contribution is -0.510. The van der Waals surface area contributed by atoms with Gasteiger partial charge in [0.15, 0.2) is 0 Å². The number of H-pyrrole nitrogens is 1. The molecule has 0 aliphatic heterocycles. The second kappa shape index (κ2) is 5.51. The summed E-state index contributed by atoms with van der Waals surface area (Å²) >= 11 is 0. The molecule has 1 aromatic carbocycles. The van der Waals surface area contributed by atoms with Crippen molar-refractivity contribution < 1.29 is 14.5 Å². The van der Waals surface area contributed by atoms with E-state index in [1.54, 1.807) is 13.1 Å². The molecular formula is C13H14N2O4. The predicted molar refractivity (Wildman–Crippen MR) is 69.4 cm³/mol. The standard InChI is InChI=1S/C13H14N2O4/c1-2-19-13(16)12(15(17)18)7-9-8-14-11-6-4-3-5-10(9)11/h3-6,8,12,14H,2,7H2,1H3. The maximum absolute atomic E-state index is 11.6. The minimum Gasteiger partial charge on any atom is -0.461 e. The van der Waals surface area contributed by atoms with Crippen LogP contribution in [0.15, 0.2) is 30.5 Å². The molecule has 6 nitrogen and oxygen atoms in total. The average molecular weight is 262 g/mol. The van der Waals surface area contributed by atoms with Crippen LogP contribution < -0.4 is 0 Å². The normalized spacial score (nSPS) is 12.3. The van der Waals surface area contributed by atoms with E-state index in [1.165, 1.54) is 0 Å². The van der Waals surface area contributed by atoms with Crippen LogP contribution in [0.4, 0.5) is 0 Å². The summed E-state index contributed by atoms with van der Waals surface area (Å²) in [4.78, 5) is 25.0. The maximum atomic E-state index is 11.6. The molecular weight excluding hydrogens is 248 g/mol. The summed E-state index contributed by atoms with van der Waals surface area (Å²) in [5.41, 5.74) is 1.63. The minimum absolute atomic E-state index is 0.0237. The fraction of sp³-hybridized carbons (Fsp3) is 0.308. The van der Waals surface area contributed by atoms with Crippen LogP contribution in [0.2, 0.25) is 0 Å². The molecule has 0 amide bonds. The van der Waals surface area contributed by atoms with Crippen molar-refractivity contribution in [3.63, 3.8) is 0 Å². The number of ether oxygens (including phenoxy) is 1. The van der Waals surface area contributed by atoms with Crippen molar-refractivity contribution >= 4 is 16.9 Å². The molecule has 19 heavy (non-hydrogen) atoms. The first-order valence-electron chi connectivity index (χ1n) is 5.98. The summed E-state index contributed by atoms with van der Waals surface area (Å²) < 4.78 is 4.74. The molecule has 0 saturated carbocycles. The predicted octanol–water partition coefficient (Wildman–Crippen LogP) is 1.92. The molecule has 1 atom stereocenters. The van der Waals surface area contributed by atoms with Crippen LogP contribution >= 0.6 is 0 Å². The Balaban J connectivity index is 2.26. The molecule has 1 N–H and O–H groups in total. The zero-order valence-electron chi connectivity index (χ0n) is 10.5. The van der Waals surface area contributed by atoms with Gasteiger partial charge in [-0.25, -0.2) is 4.79 Å². The Labute approximate surface area is 109 Å². The molecule has 1 aromatic heterocycles. The van der Waals surface area contributed by atoms with Crippen molar-refractivity contribution in [1.29, 1.82) is 0 Å². The van der Waals surface area contributed by atoms with Crippen molar-refractivity contribution in [1.82, 2.24) is 4.98 Å². The monoisotopic (exact) mass is 262 g/mol. The van der Waals surface area contributed by atoms with Gasteiger partial charge >= 0.3 is 12.0 Å². The second-order valence-corrected chi connectivity index (χ2v) is 4.12. The maximum Gasteiger partial charge on any atom is 0.382 e. The number of aromatic amines is 1. The van der Waals surface area contributed by atoms with Gasteiger partial charge in [0.1, 0.15) is 0 Å². The quantitative estimate of drug-likeness (QED) is 0.506. The molecule has 2 rings (SSSR count). The number of nitrogens with one attached hydrogen (secondary N) is 1.